The Kier molecular flexibility index (Phi) is 6.80. The van der Waals surface area contributed by atoms with Gasteiger partial charge in [0, 0.05) is 19.7 Å². The van der Waals surface area contributed by atoms with Crippen LogP contribution in [0.15, 0.2) is 0 Å². The van der Waals surface area contributed by atoms with Crippen molar-refractivity contribution in [1.29, 1.82) is 0 Å². The van der Waals surface area contributed by atoms with Crippen LogP contribution in [0.5, 0.6) is 0 Å². The Bertz CT molecular complexity index is 271. The van der Waals surface area contributed by atoms with Gasteiger partial charge < -0.3 is 15.4 Å². The highest BCUT2D eigenvalue weighted by molar-refractivity contribution is 5.82. The summed E-state index contributed by atoms with van der Waals surface area (Å²) in [4.78, 5) is 14.0. The van der Waals surface area contributed by atoms with E-state index in [1.54, 1.807) is 0 Å². The van der Waals surface area contributed by atoms with Gasteiger partial charge in [-0.25, -0.2) is 0 Å². The van der Waals surface area contributed by atoms with Crippen molar-refractivity contribution in [2.75, 3.05) is 19.7 Å². The van der Waals surface area contributed by atoms with E-state index in [1.807, 2.05) is 18.7 Å². The number of nitrogens with zero attached hydrogens (tertiary/aromatic N) is 1. The van der Waals surface area contributed by atoms with E-state index in [-0.39, 0.29) is 17.9 Å². The lowest BCUT2D eigenvalue weighted by Crippen LogP contribution is -2.50. The smallest absolute Gasteiger partial charge is 0.239 e. The topological polar surface area (TPSA) is 55.6 Å². The highest BCUT2D eigenvalue weighted by Gasteiger charge is 2.27. The van der Waals surface area contributed by atoms with Crippen LogP contribution in [0.25, 0.3) is 0 Å². The number of carbonyl (C=O) groups is 1. The zero-order valence-electron chi connectivity index (χ0n) is 12.9. The van der Waals surface area contributed by atoms with Gasteiger partial charge >= 0.3 is 0 Å². The number of hydrogen-bond acceptors (Lipinski definition) is 3. The highest BCUT2D eigenvalue weighted by atomic mass is 16.5. The summed E-state index contributed by atoms with van der Waals surface area (Å²) in [6.45, 7) is 10.8. The summed E-state index contributed by atoms with van der Waals surface area (Å²) in [6.07, 6.45) is 3.30. The predicted molar refractivity (Wildman–Crippen MR) is 77.8 cm³/mol. The van der Waals surface area contributed by atoms with Crippen LogP contribution in [0.2, 0.25) is 0 Å². The largest absolute Gasteiger partial charge is 0.378 e. The van der Waals surface area contributed by atoms with Crippen LogP contribution in [-0.4, -0.2) is 42.6 Å². The molecule has 0 bridgehead atoms. The Balaban J connectivity index is 2.27. The fourth-order valence-corrected chi connectivity index (χ4v) is 2.21. The molecule has 1 aliphatic heterocycles. The Hall–Kier alpha value is -0.610. The van der Waals surface area contributed by atoms with Gasteiger partial charge in [-0.05, 0) is 31.1 Å². The van der Waals surface area contributed by atoms with Crippen molar-refractivity contribution in [2.24, 2.45) is 17.6 Å². The number of likely N-dealkylation sites (tertiary alicyclic amines) is 1. The fourth-order valence-electron chi connectivity index (χ4n) is 2.21. The summed E-state index contributed by atoms with van der Waals surface area (Å²) in [5, 5.41) is 0. The van der Waals surface area contributed by atoms with Crippen LogP contribution >= 0.6 is 0 Å². The van der Waals surface area contributed by atoms with Gasteiger partial charge in [0.05, 0.1) is 12.1 Å². The average Bonchev–Trinajstić information content (AvgIpc) is 2.37. The normalized spacial score (nSPS) is 19.2. The van der Waals surface area contributed by atoms with Gasteiger partial charge in [-0.1, -0.05) is 27.7 Å². The van der Waals surface area contributed by atoms with Crippen molar-refractivity contribution in [3.8, 4) is 0 Å². The SMILES string of the molecule is CC(C)CCOC1CCN(C(=O)[C@@H](N)C(C)C)CC1. The monoisotopic (exact) mass is 270 g/mol. The lowest BCUT2D eigenvalue weighted by Gasteiger charge is -2.34. The van der Waals surface area contributed by atoms with Gasteiger partial charge in [0.25, 0.3) is 0 Å². The van der Waals surface area contributed by atoms with Gasteiger partial charge in [0.2, 0.25) is 5.91 Å². The van der Waals surface area contributed by atoms with Crippen molar-refractivity contribution < 1.29 is 9.53 Å². The second kappa shape index (κ2) is 7.85. The molecular weight excluding hydrogens is 240 g/mol. The first kappa shape index (κ1) is 16.4. The third-order valence-electron chi connectivity index (χ3n) is 3.81. The van der Waals surface area contributed by atoms with E-state index < -0.39 is 0 Å². The van der Waals surface area contributed by atoms with Crippen molar-refractivity contribution in [2.45, 2.75) is 59.1 Å². The third kappa shape index (κ3) is 5.49. The highest BCUT2D eigenvalue weighted by Crippen LogP contribution is 2.16. The van der Waals surface area contributed by atoms with Crippen LogP contribution in [0, 0.1) is 11.8 Å². The quantitative estimate of drug-likeness (QED) is 0.803. The lowest BCUT2D eigenvalue weighted by atomic mass is 10.0. The molecular formula is C15H30N2O2. The third-order valence-corrected chi connectivity index (χ3v) is 3.81. The molecule has 1 aliphatic rings. The van der Waals surface area contributed by atoms with E-state index >= 15 is 0 Å². The molecule has 1 atom stereocenters. The molecule has 0 unspecified atom stereocenters. The molecule has 0 radical (unpaired) electrons. The molecule has 1 fully saturated rings. The molecule has 0 aliphatic carbocycles. The molecule has 0 saturated carbocycles. The van der Waals surface area contributed by atoms with Crippen molar-refractivity contribution in [3.05, 3.63) is 0 Å². The Morgan fingerprint density at radius 1 is 1.26 bits per heavy atom. The molecule has 0 aromatic rings. The van der Waals surface area contributed by atoms with Crippen molar-refractivity contribution >= 4 is 5.91 Å². The first-order valence-corrected chi connectivity index (χ1v) is 7.57. The van der Waals surface area contributed by atoms with E-state index in [4.69, 9.17) is 10.5 Å². The number of ether oxygens (including phenoxy) is 1. The van der Waals surface area contributed by atoms with Gasteiger partial charge in [-0.15, -0.1) is 0 Å². The first-order valence-electron chi connectivity index (χ1n) is 7.57. The van der Waals surface area contributed by atoms with Gasteiger partial charge in [-0.2, -0.15) is 0 Å². The second-order valence-corrected chi connectivity index (χ2v) is 6.35. The Morgan fingerprint density at radius 2 is 1.84 bits per heavy atom. The van der Waals surface area contributed by atoms with Crippen LogP contribution in [-0.2, 0) is 9.53 Å². The van der Waals surface area contributed by atoms with Crippen LogP contribution in [0.1, 0.15) is 47.0 Å². The second-order valence-electron chi connectivity index (χ2n) is 6.35. The van der Waals surface area contributed by atoms with Crippen molar-refractivity contribution in [1.82, 2.24) is 4.90 Å². The molecule has 1 amide bonds. The zero-order valence-corrected chi connectivity index (χ0v) is 12.9. The number of carbonyl (C=O) groups excluding carboxylic acids is 1. The molecule has 0 spiro atoms. The molecule has 112 valence electrons. The summed E-state index contributed by atoms with van der Waals surface area (Å²) in [7, 11) is 0. The maximum absolute atomic E-state index is 12.1. The molecule has 4 heteroatoms. The summed E-state index contributed by atoms with van der Waals surface area (Å²) >= 11 is 0. The van der Waals surface area contributed by atoms with Crippen LogP contribution < -0.4 is 5.73 Å². The minimum absolute atomic E-state index is 0.0932. The molecule has 0 aromatic heterocycles. The van der Waals surface area contributed by atoms with Gasteiger partial charge in [-0.3, -0.25) is 4.79 Å². The van der Waals surface area contributed by atoms with E-state index in [9.17, 15) is 4.79 Å². The summed E-state index contributed by atoms with van der Waals surface area (Å²) in [5.41, 5.74) is 5.92. The number of amides is 1. The Morgan fingerprint density at radius 3 is 2.32 bits per heavy atom. The van der Waals surface area contributed by atoms with Gasteiger partial charge in [0.1, 0.15) is 0 Å². The number of rotatable bonds is 6. The minimum Gasteiger partial charge on any atom is -0.378 e. The average molecular weight is 270 g/mol. The lowest BCUT2D eigenvalue weighted by molar-refractivity contribution is -0.136. The van der Waals surface area contributed by atoms with E-state index in [1.165, 1.54) is 0 Å². The predicted octanol–water partition coefficient (Wildman–Crippen LogP) is 2.02. The maximum Gasteiger partial charge on any atom is 0.239 e. The number of nitrogens with two attached hydrogens (primary N) is 1. The molecule has 19 heavy (non-hydrogen) atoms. The number of hydrogen-bond donors (Lipinski definition) is 1. The van der Waals surface area contributed by atoms with E-state index in [0.717, 1.165) is 39.0 Å². The molecule has 1 saturated heterocycles. The van der Waals surface area contributed by atoms with E-state index in [2.05, 4.69) is 13.8 Å². The summed E-state index contributed by atoms with van der Waals surface area (Å²) in [6, 6.07) is -0.363. The van der Waals surface area contributed by atoms with Gasteiger partial charge in [0.15, 0.2) is 0 Å². The van der Waals surface area contributed by atoms with Crippen molar-refractivity contribution in [3.63, 3.8) is 0 Å². The van der Waals surface area contributed by atoms with E-state index in [0.29, 0.717) is 12.0 Å². The standard InChI is InChI=1S/C15H30N2O2/c1-11(2)7-10-19-13-5-8-17(9-6-13)15(18)14(16)12(3)4/h11-14H,5-10,16H2,1-4H3/t14-/m0/s1. The fraction of sp³-hybridized carbons (Fsp3) is 0.933. The Labute approximate surface area is 117 Å². The molecule has 1 rings (SSSR count). The zero-order chi connectivity index (χ0) is 14.4. The number of piperidine rings is 1. The summed E-state index contributed by atoms with van der Waals surface area (Å²) < 4.78 is 5.86. The minimum atomic E-state index is -0.363. The maximum atomic E-state index is 12.1. The molecule has 4 nitrogen and oxygen atoms in total. The first-order chi connectivity index (χ1) is 8.91. The summed E-state index contributed by atoms with van der Waals surface area (Å²) in [5.74, 6) is 0.980. The van der Waals surface area contributed by atoms with Crippen LogP contribution in [0.3, 0.4) is 0 Å². The molecule has 2 N–H and O–H groups in total. The molecule has 0 aromatic carbocycles. The van der Waals surface area contributed by atoms with Crippen LogP contribution in [0.4, 0.5) is 0 Å². The molecule has 1 heterocycles.